The van der Waals surface area contributed by atoms with Crippen LogP contribution in [0.4, 0.5) is 0 Å². The fraction of sp³-hybridized carbons (Fsp3) is 0. The summed E-state index contributed by atoms with van der Waals surface area (Å²) >= 11 is 0. The van der Waals surface area contributed by atoms with Crippen LogP contribution in [0.1, 0.15) is 0 Å². The van der Waals surface area contributed by atoms with Crippen LogP contribution < -0.4 is 0 Å². The summed E-state index contributed by atoms with van der Waals surface area (Å²) in [6.45, 7) is 0. The first-order valence-electron chi connectivity index (χ1n) is 0. The van der Waals surface area contributed by atoms with Crippen molar-refractivity contribution in [2.24, 2.45) is 0 Å². The molecule has 0 aromatic carbocycles. The van der Waals surface area contributed by atoms with Gasteiger partial charge in [0.05, 0.1) is 0 Å². The molecule has 0 atom stereocenters. The third kappa shape index (κ3) is 876. The van der Waals surface area contributed by atoms with E-state index in [1.54, 1.807) is 0 Å². The summed E-state index contributed by atoms with van der Waals surface area (Å²) in [4.78, 5) is 0. The number of rotatable bonds is 0. The summed E-state index contributed by atoms with van der Waals surface area (Å²) in [6.07, 6.45) is 0. The van der Waals surface area contributed by atoms with E-state index in [-0.39, 0.29) is 233 Å². The molecule has 0 fully saturated rings. The van der Waals surface area contributed by atoms with E-state index < -0.39 is 0 Å². The van der Waals surface area contributed by atoms with Crippen LogP contribution in [0.5, 0.6) is 0 Å². The van der Waals surface area contributed by atoms with E-state index in [2.05, 4.69) is 0 Å². The first-order valence-corrected chi connectivity index (χ1v) is 0. The zero-order chi connectivity index (χ0) is 0. The second-order valence-electron chi connectivity index (χ2n) is 0. The van der Waals surface area contributed by atoms with Gasteiger partial charge in [-0.1, -0.05) is 0 Å². The molecule has 136 valence electrons. The van der Waals surface area contributed by atoms with E-state index in [4.69, 9.17) is 0 Å². The summed E-state index contributed by atoms with van der Waals surface area (Å²) < 4.78 is 0. The normalized spacial score (nSPS) is 0. The Morgan fingerprint density at radius 3 is 0.0870 bits per heavy atom. The molecule has 23 heavy (non-hydrogen) atoms. The quantitative estimate of drug-likeness (QED) is 0.372. The monoisotopic (exact) mass is 334 g/mol. The molecule has 0 saturated heterocycles. The molecule has 15 nitrogen and oxygen atoms in total. The molecule has 0 radical (unpaired) electrons. The van der Waals surface area contributed by atoms with Crippen LogP contribution in [-0.4, -0.2) is 233 Å². The van der Waals surface area contributed by atoms with Crippen molar-refractivity contribution in [1.29, 1.82) is 0 Å². The molecule has 0 spiro atoms. The van der Waals surface area contributed by atoms with Gasteiger partial charge in [0, 0.05) is 0 Å². The van der Waals surface area contributed by atoms with Crippen LogP contribution in [0, 0.1) is 0 Å². The van der Waals surface area contributed by atoms with E-state index in [1.807, 2.05) is 0 Å². The second kappa shape index (κ2) is 950. The summed E-state index contributed by atoms with van der Waals surface area (Å²) in [5, 5.41) is 0. The number of hydrogen-bond donors (Lipinski definition) is 0. The van der Waals surface area contributed by atoms with E-state index in [9.17, 15) is 0 Å². The Bertz CT molecular complexity index is 21.4. The first-order chi connectivity index (χ1) is 0. The maximum atomic E-state index is 0. The van der Waals surface area contributed by atoms with Crippen molar-refractivity contribution in [3.8, 4) is 0 Å². The molecule has 0 bridgehead atoms. The van der Waals surface area contributed by atoms with Crippen molar-refractivity contribution in [1.82, 2.24) is 0 Å². The summed E-state index contributed by atoms with van der Waals surface area (Å²) in [7, 11) is 0. The molecule has 0 aliphatic heterocycles. The molecule has 0 unspecified atom stereocenters. The maximum absolute atomic E-state index is 0. The van der Waals surface area contributed by atoms with Gasteiger partial charge in [-0.25, -0.2) is 0 Å². The van der Waals surface area contributed by atoms with Gasteiger partial charge in [-0.2, -0.15) is 0 Å². The number of hydrogen-bond acceptors (Lipinski definition) is 0. The van der Waals surface area contributed by atoms with Gasteiger partial charge >= 0.3 is 151 Å². The zero-order valence-electron chi connectivity index (χ0n) is 7.50. The standard InChI is InChI=1S/8Li.15H2O.8H/h;;;;;;;;15*1H2;;;;;;;;. The van der Waals surface area contributed by atoms with Crippen molar-refractivity contribution in [2.45, 2.75) is 0 Å². The molecule has 0 aromatic heterocycles. The van der Waals surface area contributed by atoms with E-state index in [0.29, 0.717) is 0 Å². The summed E-state index contributed by atoms with van der Waals surface area (Å²) in [6, 6.07) is 0. The van der Waals surface area contributed by atoms with Crippen LogP contribution in [0.3, 0.4) is 0 Å². The van der Waals surface area contributed by atoms with E-state index in [0.717, 1.165) is 0 Å². The fourth-order valence-corrected chi connectivity index (χ4v) is 0. The Hall–Kier alpha value is 4.18. The molecule has 0 aliphatic carbocycles. The molecule has 0 rings (SSSR count). The van der Waals surface area contributed by atoms with Gasteiger partial charge < -0.3 is 82.1 Å². The minimum atomic E-state index is 0. The molecule has 30 N–H and O–H groups in total. The Morgan fingerprint density at radius 2 is 0.0870 bits per heavy atom. The Morgan fingerprint density at radius 1 is 0.0870 bits per heavy atom. The molecule has 0 aliphatic rings. The van der Waals surface area contributed by atoms with Crippen LogP contribution in [-0.2, 0) is 0 Å². The van der Waals surface area contributed by atoms with E-state index >= 15 is 0 Å². The van der Waals surface area contributed by atoms with Crippen LogP contribution in [0.15, 0.2) is 0 Å². The third-order valence-corrected chi connectivity index (χ3v) is 0. The van der Waals surface area contributed by atoms with Crippen molar-refractivity contribution in [2.75, 3.05) is 0 Å². The molecule has 23 heteroatoms. The van der Waals surface area contributed by atoms with Gasteiger partial charge in [-0.15, -0.1) is 0 Å². The van der Waals surface area contributed by atoms with Crippen LogP contribution in [0.25, 0.3) is 0 Å². The summed E-state index contributed by atoms with van der Waals surface area (Å²) in [5.41, 5.74) is 0. The Kier molecular flexibility index (Phi) is 44100. The van der Waals surface area contributed by atoms with Gasteiger partial charge in [-0.3, -0.25) is 0 Å². The third-order valence-electron chi connectivity index (χ3n) is 0. The van der Waals surface area contributed by atoms with E-state index in [1.165, 1.54) is 0 Å². The van der Waals surface area contributed by atoms with Gasteiger partial charge in [0.15, 0.2) is 0 Å². The average Bonchev–Trinajstić information content (AvgIpc) is 0. The molecular formula is H38Li8O15. The molecule has 0 heterocycles. The molecular weight excluding hydrogens is 296 g/mol. The first kappa shape index (κ1) is 1070. The minimum absolute atomic E-state index is 0. The van der Waals surface area contributed by atoms with Gasteiger partial charge in [0.2, 0.25) is 0 Å². The van der Waals surface area contributed by atoms with Gasteiger partial charge in [0.1, 0.15) is 0 Å². The molecule has 0 amide bonds. The predicted octanol–water partition coefficient (Wildman–Crippen LogP) is -17.6. The van der Waals surface area contributed by atoms with Crippen molar-refractivity contribution in [3.05, 3.63) is 0 Å². The topological polar surface area (TPSA) is 472 Å². The van der Waals surface area contributed by atoms with Gasteiger partial charge in [0.25, 0.3) is 0 Å². The predicted molar refractivity (Wildman–Crippen MR) is 111 cm³/mol. The molecule has 0 aromatic rings. The zero-order valence-corrected chi connectivity index (χ0v) is 7.50. The Balaban J connectivity index is 0. The van der Waals surface area contributed by atoms with Crippen molar-refractivity contribution < 1.29 is 82.1 Å². The summed E-state index contributed by atoms with van der Waals surface area (Å²) in [5.74, 6) is 0. The van der Waals surface area contributed by atoms with Crippen molar-refractivity contribution >= 4 is 151 Å². The molecule has 0 saturated carbocycles. The van der Waals surface area contributed by atoms with Crippen LogP contribution in [0.2, 0.25) is 0 Å². The fourth-order valence-electron chi connectivity index (χ4n) is 0. The van der Waals surface area contributed by atoms with Gasteiger partial charge in [-0.05, 0) is 0 Å². The average molecular weight is 334 g/mol. The Labute approximate surface area is 230 Å². The second-order valence-corrected chi connectivity index (χ2v) is 0. The van der Waals surface area contributed by atoms with Crippen molar-refractivity contribution in [3.63, 3.8) is 0 Å². The van der Waals surface area contributed by atoms with Crippen LogP contribution >= 0.6 is 0 Å². The SMILES string of the molecule is O.O.O.O.O.O.O.O.O.O.O.O.O.O.O.[LiH].[LiH].[LiH].[LiH].[LiH].[LiH].[LiH].[LiH].